The monoisotopic (exact) mass is 364 g/mol. The Kier molecular flexibility index (Phi) is 5.28. The molecule has 1 aliphatic rings. The summed E-state index contributed by atoms with van der Waals surface area (Å²) in [6.07, 6.45) is -3.77. The largest absolute Gasteiger partial charge is 0.573 e. The third kappa shape index (κ3) is 4.58. The molecule has 1 saturated carbocycles. The van der Waals surface area contributed by atoms with E-state index in [0.29, 0.717) is 18.4 Å². The van der Waals surface area contributed by atoms with Crippen molar-refractivity contribution in [2.24, 2.45) is 5.92 Å². The van der Waals surface area contributed by atoms with Crippen LogP contribution >= 0.6 is 0 Å². The van der Waals surface area contributed by atoms with Crippen LogP contribution in [0.5, 0.6) is 5.75 Å². The number of rotatable bonds is 6. The second-order valence-corrected chi connectivity index (χ2v) is 6.92. The molecule has 3 unspecified atom stereocenters. The molecule has 5 heteroatoms. The molecule has 0 saturated heterocycles. The van der Waals surface area contributed by atoms with Gasteiger partial charge in [-0.05, 0) is 62.3 Å². The van der Waals surface area contributed by atoms with Gasteiger partial charge in [-0.15, -0.1) is 13.2 Å². The summed E-state index contributed by atoms with van der Waals surface area (Å²) >= 11 is 0. The van der Waals surface area contributed by atoms with Crippen LogP contribution in [-0.2, 0) is 4.74 Å². The van der Waals surface area contributed by atoms with Crippen LogP contribution < -0.4 is 4.74 Å². The molecule has 0 radical (unpaired) electrons. The average Bonchev–Trinajstić information content (AvgIpc) is 3.31. The van der Waals surface area contributed by atoms with E-state index in [1.54, 1.807) is 12.1 Å². The average molecular weight is 364 g/mol. The molecule has 0 aliphatic heterocycles. The molecule has 2 aromatic rings. The van der Waals surface area contributed by atoms with Crippen molar-refractivity contribution in [3.05, 3.63) is 64.7 Å². The first-order valence-electron chi connectivity index (χ1n) is 8.82. The minimum Gasteiger partial charge on any atom is -0.406 e. The van der Waals surface area contributed by atoms with Gasteiger partial charge >= 0.3 is 6.36 Å². The Morgan fingerprint density at radius 3 is 2.19 bits per heavy atom. The molecule has 140 valence electrons. The SMILES string of the molecule is CCOC(c1ccc(OC(F)(F)F)cc1)C1CC1c1cc(C)cc(C)c1. The van der Waals surface area contributed by atoms with Crippen molar-refractivity contribution in [3.8, 4) is 5.75 Å². The molecule has 0 heterocycles. The molecule has 2 aromatic carbocycles. The lowest BCUT2D eigenvalue weighted by Crippen LogP contribution is -2.17. The number of aryl methyl sites for hydroxylation is 2. The molecule has 1 fully saturated rings. The van der Waals surface area contributed by atoms with Gasteiger partial charge in [0.2, 0.25) is 0 Å². The standard InChI is InChI=1S/C21H23F3O2/c1-4-25-20(15-5-7-17(8-6-15)26-21(22,23)24)19-12-18(19)16-10-13(2)9-14(3)11-16/h5-11,18-20H,4,12H2,1-3H3. The molecular weight excluding hydrogens is 341 g/mol. The molecular formula is C21H23F3O2. The van der Waals surface area contributed by atoms with E-state index in [1.165, 1.54) is 28.8 Å². The van der Waals surface area contributed by atoms with Crippen LogP contribution in [0.1, 0.15) is 47.6 Å². The van der Waals surface area contributed by atoms with Crippen LogP contribution in [0, 0.1) is 19.8 Å². The number of hydrogen-bond donors (Lipinski definition) is 0. The third-order valence-corrected chi connectivity index (χ3v) is 4.69. The Morgan fingerprint density at radius 2 is 1.65 bits per heavy atom. The topological polar surface area (TPSA) is 18.5 Å². The number of halogens is 3. The molecule has 0 bridgehead atoms. The molecule has 3 rings (SSSR count). The predicted molar refractivity (Wildman–Crippen MR) is 94.3 cm³/mol. The molecule has 0 aromatic heterocycles. The van der Waals surface area contributed by atoms with E-state index in [9.17, 15) is 13.2 Å². The maximum Gasteiger partial charge on any atom is 0.573 e. The van der Waals surface area contributed by atoms with Crippen LogP contribution in [-0.4, -0.2) is 13.0 Å². The molecule has 26 heavy (non-hydrogen) atoms. The zero-order valence-corrected chi connectivity index (χ0v) is 15.1. The first-order valence-corrected chi connectivity index (χ1v) is 8.82. The summed E-state index contributed by atoms with van der Waals surface area (Å²) in [6.45, 7) is 6.67. The van der Waals surface area contributed by atoms with Gasteiger partial charge in [-0.25, -0.2) is 0 Å². The Hall–Kier alpha value is -2.01. The molecule has 2 nitrogen and oxygen atoms in total. The quantitative estimate of drug-likeness (QED) is 0.618. The van der Waals surface area contributed by atoms with Crippen molar-refractivity contribution >= 4 is 0 Å². The van der Waals surface area contributed by atoms with E-state index in [2.05, 4.69) is 36.8 Å². The summed E-state index contributed by atoms with van der Waals surface area (Å²) in [5.74, 6) is 0.556. The Labute approximate surface area is 151 Å². The van der Waals surface area contributed by atoms with Gasteiger partial charge in [-0.3, -0.25) is 0 Å². The van der Waals surface area contributed by atoms with Crippen LogP contribution in [0.25, 0.3) is 0 Å². The van der Waals surface area contributed by atoms with E-state index in [1.807, 2.05) is 6.92 Å². The predicted octanol–water partition coefficient (Wildman–Crippen LogP) is 6.08. The fourth-order valence-electron chi connectivity index (χ4n) is 3.66. The second kappa shape index (κ2) is 7.31. The van der Waals surface area contributed by atoms with Crippen molar-refractivity contribution in [2.45, 2.75) is 45.6 Å². The Bertz CT molecular complexity index is 733. The van der Waals surface area contributed by atoms with Crippen LogP contribution in [0.15, 0.2) is 42.5 Å². The maximum atomic E-state index is 12.3. The van der Waals surface area contributed by atoms with Gasteiger partial charge in [-0.1, -0.05) is 41.5 Å². The second-order valence-electron chi connectivity index (χ2n) is 6.92. The first kappa shape index (κ1) is 18.8. The molecule has 3 atom stereocenters. The van der Waals surface area contributed by atoms with Crippen LogP contribution in [0.3, 0.4) is 0 Å². The third-order valence-electron chi connectivity index (χ3n) is 4.69. The van der Waals surface area contributed by atoms with Crippen molar-refractivity contribution < 1.29 is 22.6 Å². The van der Waals surface area contributed by atoms with Gasteiger partial charge in [0.15, 0.2) is 0 Å². The fourth-order valence-corrected chi connectivity index (χ4v) is 3.66. The highest BCUT2D eigenvalue weighted by molar-refractivity contribution is 5.36. The summed E-state index contributed by atoms with van der Waals surface area (Å²) in [7, 11) is 0. The molecule has 0 amide bonds. The van der Waals surface area contributed by atoms with Crippen molar-refractivity contribution in [1.29, 1.82) is 0 Å². The van der Waals surface area contributed by atoms with E-state index >= 15 is 0 Å². The summed E-state index contributed by atoms with van der Waals surface area (Å²) in [5.41, 5.74) is 4.69. The van der Waals surface area contributed by atoms with Crippen molar-refractivity contribution in [3.63, 3.8) is 0 Å². The van der Waals surface area contributed by atoms with Gasteiger partial charge < -0.3 is 9.47 Å². The van der Waals surface area contributed by atoms with E-state index < -0.39 is 6.36 Å². The molecule has 0 N–H and O–H groups in total. The van der Waals surface area contributed by atoms with Crippen molar-refractivity contribution in [1.82, 2.24) is 0 Å². The minimum absolute atomic E-state index is 0.120. The molecule has 1 aliphatic carbocycles. The smallest absolute Gasteiger partial charge is 0.406 e. The van der Waals surface area contributed by atoms with E-state index in [0.717, 1.165) is 12.0 Å². The van der Waals surface area contributed by atoms with Gasteiger partial charge in [-0.2, -0.15) is 0 Å². The summed E-state index contributed by atoms with van der Waals surface area (Å²) in [5, 5.41) is 0. The summed E-state index contributed by atoms with van der Waals surface area (Å²) in [6, 6.07) is 12.6. The number of benzene rings is 2. The minimum atomic E-state index is -4.68. The zero-order chi connectivity index (χ0) is 18.9. The summed E-state index contributed by atoms with van der Waals surface area (Å²) in [4.78, 5) is 0. The maximum absolute atomic E-state index is 12.3. The van der Waals surface area contributed by atoms with E-state index in [4.69, 9.17) is 4.74 Å². The Morgan fingerprint density at radius 1 is 1.04 bits per heavy atom. The molecule has 0 spiro atoms. The summed E-state index contributed by atoms with van der Waals surface area (Å²) < 4.78 is 46.8. The van der Waals surface area contributed by atoms with Crippen molar-refractivity contribution in [2.75, 3.05) is 6.61 Å². The number of ether oxygens (including phenoxy) is 2. The number of hydrogen-bond acceptors (Lipinski definition) is 2. The van der Waals surface area contributed by atoms with Gasteiger partial charge in [0, 0.05) is 6.61 Å². The van der Waals surface area contributed by atoms with Crippen LogP contribution in [0.4, 0.5) is 13.2 Å². The first-order chi connectivity index (χ1) is 12.3. The lowest BCUT2D eigenvalue weighted by molar-refractivity contribution is -0.274. The fraction of sp³-hybridized carbons (Fsp3) is 0.429. The lowest BCUT2D eigenvalue weighted by atomic mass is 9.98. The highest BCUT2D eigenvalue weighted by Gasteiger charge is 2.45. The van der Waals surface area contributed by atoms with Gasteiger partial charge in [0.05, 0.1) is 6.10 Å². The van der Waals surface area contributed by atoms with Crippen LogP contribution in [0.2, 0.25) is 0 Å². The Balaban J connectivity index is 1.76. The highest BCUT2D eigenvalue weighted by Crippen LogP contribution is 2.55. The number of alkyl halides is 3. The zero-order valence-electron chi connectivity index (χ0n) is 15.1. The normalized spacial score (nSPS) is 20.7. The van der Waals surface area contributed by atoms with Gasteiger partial charge in [0.25, 0.3) is 0 Å². The van der Waals surface area contributed by atoms with Gasteiger partial charge in [0.1, 0.15) is 5.75 Å². The lowest BCUT2D eigenvalue weighted by Gasteiger charge is -2.19. The highest BCUT2D eigenvalue weighted by atomic mass is 19.4. The van der Waals surface area contributed by atoms with E-state index in [-0.39, 0.29) is 11.9 Å².